The van der Waals surface area contributed by atoms with Gasteiger partial charge < -0.3 is 15.2 Å². The second-order valence-electron chi connectivity index (χ2n) is 3.94. The van der Waals surface area contributed by atoms with E-state index in [9.17, 15) is 10.1 Å². The van der Waals surface area contributed by atoms with Gasteiger partial charge in [0.2, 0.25) is 5.13 Å². The zero-order valence-corrected chi connectivity index (χ0v) is 12.6. The zero-order chi connectivity index (χ0) is 16.1. The number of aromatic nitrogens is 1. The number of anilines is 2. The predicted molar refractivity (Wildman–Crippen MR) is 83.9 cm³/mol. The standard InChI is InChI=1S/C12H13N5O4S/c1-20-8-3-4-9(21-2)11(17(18)19)7(8)5-14-16-12-15-10(13)6-22-12/h3-6H,13H2,1-2H3,(H,15,16). The van der Waals surface area contributed by atoms with Crippen LogP contribution in [0.1, 0.15) is 5.56 Å². The molecule has 0 saturated heterocycles. The van der Waals surface area contributed by atoms with Gasteiger partial charge in [-0.3, -0.25) is 15.5 Å². The summed E-state index contributed by atoms with van der Waals surface area (Å²) in [5.41, 5.74) is 8.09. The quantitative estimate of drug-likeness (QED) is 0.473. The molecule has 1 aromatic carbocycles. The van der Waals surface area contributed by atoms with Gasteiger partial charge in [-0.2, -0.15) is 5.10 Å². The van der Waals surface area contributed by atoms with Gasteiger partial charge in [-0.15, -0.1) is 11.3 Å². The van der Waals surface area contributed by atoms with E-state index in [-0.39, 0.29) is 17.0 Å². The highest BCUT2D eigenvalue weighted by Crippen LogP contribution is 2.35. The number of nitro groups is 1. The number of rotatable bonds is 6. The SMILES string of the molecule is COc1ccc(OC)c([N+](=O)[O-])c1C=NNc1nc(N)cs1. The molecule has 2 aromatic rings. The molecule has 9 nitrogen and oxygen atoms in total. The molecule has 22 heavy (non-hydrogen) atoms. The summed E-state index contributed by atoms with van der Waals surface area (Å²) in [6.07, 6.45) is 1.27. The number of nitrogens with zero attached hydrogens (tertiary/aromatic N) is 3. The fourth-order valence-electron chi connectivity index (χ4n) is 1.71. The van der Waals surface area contributed by atoms with Crippen molar-refractivity contribution in [3.8, 4) is 11.5 Å². The summed E-state index contributed by atoms with van der Waals surface area (Å²) in [5, 5.41) is 17.3. The van der Waals surface area contributed by atoms with Gasteiger partial charge in [-0.1, -0.05) is 0 Å². The second kappa shape index (κ2) is 6.72. The largest absolute Gasteiger partial charge is 0.496 e. The number of methoxy groups -OCH3 is 2. The van der Waals surface area contributed by atoms with Gasteiger partial charge in [-0.05, 0) is 12.1 Å². The van der Waals surface area contributed by atoms with Crippen LogP contribution in [0.25, 0.3) is 0 Å². The molecule has 0 aliphatic rings. The highest BCUT2D eigenvalue weighted by Gasteiger charge is 2.23. The van der Waals surface area contributed by atoms with Crippen molar-refractivity contribution >= 4 is 34.2 Å². The minimum Gasteiger partial charge on any atom is -0.496 e. The molecule has 0 fully saturated rings. The lowest BCUT2D eigenvalue weighted by Crippen LogP contribution is -2.02. The van der Waals surface area contributed by atoms with Crippen molar-refractivity contribution in [3.63, 3.8) is 0 Å². The van der Waals surface area contributed by atoms with Gasteiger partial charge in [0.05, 0.1) is 25.4 Å². The fourth-order valence-corrected chi connectivity index (χ4v) is 2.26. The molecular formula is C12H13N5O4S. The number of hydrogen-bond acceptors (Lipinski definition) is 9. The lowest BCUT2D eigenvalue weighted by atomic mass is 10.1. The molecule has 0 aliphatic heterocycles. The summed E-state index contributed by atoms with van der Waals surface area (Å²) in [4.78, 5) is 14.7. The van der Waals surface area contributed by atoms with Crippen LogP contribution in [0.5, 0.6) is 11.5 Å². The van der Waals surface area contributed by atoms with Crippen LogP contribution in [-0.2, 0) is 0 Å². The maximum absolute atomic E-state index is 11.3. The molecule has 2 rings (SSSR count). The summed E-state index contributed by atoms with van der Waals surface area (Å²) < 4.78 is 10.1. The Kier molecular flexibility index (Phi) is 4.73. The van der Waals surface area contributed by atoms with E-state index in [1.165, 1.54) is 37.8 Å². The lowest BCUT2D eigenvalue weighted by Gasteiger charge is -2.08. The van der Waals surface area contributed by atoms with Crippen LogP contribution in [0.4, 0.5) is 16.6 Å². The van der Waals surface area contributed by atoms with Gasteiger partial charge >= 0.3 is 5.69 Å². The molecule has 0 aliphatic carbocycles. The minimum atomic E-state index is -0.552. The summed E-state index contributed by atoms with van der Waals surface area (Å²) in [7, 11) is 2.77. The molecule has 0 amide bonds. The van der Waals surface area contributed by atoms with Crippen LogP contribution in [0, 0.1) is 10.1 Å². The highest BCUT2D eigenvalue weighted by molar-refractivity contribution is 7.14. The molecule has 116 valence electrons. The number of nitrogens with two attached hydrogens (primary N) is 1. The number of nitrogen functional groups attached to an aromatic ring is 1. The van der Waals surface area contributed by atoms with Crippen LogP contribution < -0.4 is 20.6 Å². The monoisotopic (exact) mass is 323 g/mol. The Bertz CT molecular complexity index is 716. The van der Waals surface area contributed by atoms with E-state index in [0.717, 1.165) is 0 Å². The third-order valence-corrected chi connectivity index (χ3v) is 3.40. The average molecular weight is 323 g/mol. The molecule has 3 N–H and O–H groups in total. The first kappa shape index (κ1) is 15.5. The molecule has 1 heterocycles. The molecule has 0 atom stereocenters. The summed E-state index contributed by atoms with van der Waals surface area (Å²) in [6, 6.07) is 3.03. The van der Waals surface area contributed by atoms with Crippen molar-refractivity contribution in [2.45, 2.75) is 0 Å². The van der Waals surface area contributed by atoms with Crippen LogP contribution in [-0.4, -0.2) is 30.3 Å². The van der Waals surface area contributed by atoms with Crippen molar-refractivity contribution in [1.29, 1.82) is 0 Å². The highest BCUT2D eigenvalue weighted by atomic mass is 32.1. The number of hydrogen-bond donors (Lipinski definition) is 2. The number of nitro benzene ring substituents is 1. The van der Waals surface area contributed by atoms with Crippen molar-refractivity contribution in [2.24, 2.45) is 5.10 Å². The molecule has 10 heteroatoms. The van der Waals surface area contributed by atoms with E-state index in [1.54, 1.807) is 11.4 Å². The van der Waals surface area contributed by atoms with Gasteiger partial charge in [0.1, 0.15) is 17.1 Å². The Morgan fingerprint density at radius 2 is 2.09 bits per heavy atom. The van der Waals surface area contributed by atoms with Gasteiger partial charge in [0.15, 0.2) is 5.75 Å². The van der Waals surface area contributed by atoms with Gasteiger partial charge in [0.25, 0.3) is 0 Å². The third-order valence-electron chi connectivity index (χ3n) is 2.64. The lowest BCUT2D eigenvalue weighted by molar-refractivity contribution is -0.385. The van der Waals surface area contributed by atoms with Crippen molar-refractivity contribution < 1.29 is 14.4 Å². The number of nitrogens with one attached hydrogen (secondary N) is 1. The zero-order valence-electron chi connectivity index (χ0n) is 11.8. The third kappa shape index (κ3) is 3.23. The first-order chi connectivity index (χ1) is 10.6. The van der Waals surface area contributed by atoms with E-state index in [4.69, 9.17) is 15.2 Å². The molecular weight excluding hydrogens is 310 g/mol. The maximum atomic E-state index is 11.3. The molecule has 0 radical (unpaired) electrons. The van der Waals surface area contributed by atoms with E-state index in [0.29, 0.717) is 16.7 Å². The first-order valence-corrected chi connectivity index (χ1v) is 6.84. The molecule has 0 bridgehead atoms. The average Bonchev–Trinajstić information content (AvgIpc) is 2.91. The van der Waals surface area contributed by atoms with Crippen LogP contribution in [0.15, 0.2) is 22.6 Å². The van der Waals surface area contributed by atoms with E-state index >= 15 is 0 Å². The Morgan fingerprint density at radius 1 is 1.41 bits per heavy atom. The smallest absolute Gasteiger partial charge is 0.323 e. The van der Waals surface area contributed by atoms with Crippen molar-refractivity contribution in [1.82, 2.24) is 4.98 Å². The molecule has 0 saturated carbocycles. The Hall–Kier alpha value is -2.88. The van der Waals surface area contributed by atoms with E-state index in [2.05, 4.69) is 15.5 Å². The number of thiazole rings is 1. The van der Waals surface area contributed by atoms with Gasteiger partial charge in [0, 0.05) is 5.38 Å². The van der Waals surface area contributed by atoms with E-state index < -0.39 is 4.92 Å². The number of ether oxygens (including phenoxy) is 2. The van der Waals surface area contributed by atoms with Crippen molar-refractivity contribution in [2.75, 3.05) is 25.4 Å². The summed E-state index contributed by atoms with van der Waals surface area (Å²) in [5.74, 6) is 0.787. The molecule has 0 unspecified atom stereocenters. The number of benzene rings is 1. The van der Waals surface area contributed by atoms with Gasteiger partial charge in [-0.25, -0.2) is 4.98 Å². The summed E-state index contributed by atoms with van der Waals surface area (Å²) >= 11 is 1.26. The Morgan fingerprint density at radius 3 is 2.64 bits per heavy atom. The minimum absolute atomic E-state index is 0.116. The predicted octanol–water partition coefficient (Wildman–Crippen LogP) is 2.10. The molecule has 0 spiro atoms. The van der Waals surface area contributed by atoms with Crippen LogP contribution in [0.2, 0.25) is 0 Å². The summed E-state index contributed by atoms with van der Waals surface area (Å²) in [6.45, 7) is 0. The van der Waals surface area contributed by atoms with Crippen LogP contribution in [0.3, 0.4) is 0 Å². The normalized spacial score (nSPS) is 10.6. The first-order valence-electron chi connectivity index (χ1n) is 5.96. The van der Waals surface area contributed by atoms with E-state index in [1.807, 2.05) is 0 Å². The Balaban J connectivity index is 2.37. The second-order valence-corrected chi connectivity index (χ2v) is 4.80. The maximum Gasteiger partial charge on any atom is 0.323 e. The fraction of sp³-hybridized carbons (Fsp3) is 0.167. The number of hydrazone groups is 1. The van der Waals surface area contributed by atoms with Crippen molar-refractivity contribution in [3.05, 3.63) is 33.2 Å². The molecule has 1 aromatic heterocycles. The van der Waals surface area contributed by atoms with Crippen LogP contribution >= 0.6 is 11.3 Å². The topological polar surface area (TPSA) is 125 Å². The Labute approximate surface area is 129 Å².